The second-order valence-electron chi connectivity index (χ2n) is 6.04. The highest BCUT2D eigenvalue weighted by Crippen LogP contribution is 2.27. The van der Waals surface area contributed by atoms with Crippen LogP contribution in [0.4, 0.5) is 11.5 Å². The van der Waals surface area contributed by atoms with Gasteiger partial charge in [0.2, 0.25) is 0 Å². The number of aryl methyl sites for hydroxylation is 1. The van der Waals surface area contributed by atoms with Crippen LogP contribution in [0.2, 0.25) is 0 Å². The predicted octanol–water partition coefficient (Wildman–Crippen LogP) is 2.90. The van der Waals surface area contributed by atoms with E-state index in [4.69, 9.17) is 0 Å². The number of hydrogen-bond acceptors (Lipinski definition) is 4. The average molecular weight is 307 g/mol. The van der Waals surface area contributed by atoms with Gasteiger partial charge < -0.3 is 10.2 Å². The number of anilines is 2. The monoisotopic (exact) mass is 307 g/mol. The first-order valence-corrected chi connectivity index (χ1v) is 8.19. The molecule has 3 heterocycles. The van der Waals surface area contributed by atoms with Gasteiger partial charge in [-0.1, -0.05) is 18.2 Å². The Morgan fingerprint density at radius 2 is 2.17 bits per heavy atom. The number of rotatable bonds is 5. The number of fused-ring (bicyclic) bond motifs is 2. The summed E-state index contributed by atoms with van der Waals surface area (Å²) in [6.45, 7) is 5.12. The van der Waals surface area contributed by atoms with E-state index in [9.17, 15) is 0 Å². The molecular weight excluding hydrogens is 286 g/mol. The Balaban J connectivity index is 1.36. The van der Waals surface area contributed by atoms with Gasteiger partial charge >= 0.3 is 0 Å². The Kier molecular flexibility index (Phi) is 3.61. The molecule has 0 saturated carbocycles. The van der Waals surface area contributed by atoms with E-state index in [0.717, 1.165) is 43.1 Å². The fourth-order valence-corrected chi connectivity index (χ4v) is 3.30. The van der Waals surface area contributed by atoms with Crippen molar-refractivity contribution in [1.82, 2.24) is 14.6 Å². The molecule has 0 spiro atoms. The molecular formula is C18H21N5. The van der Waals surface area contributed by atoms with Gasteiger partial charge in [-0.05, 0) is 37.5 Å². The Morgan fingerprint density at radius 3 is 3.13 bits per heavy atom. The molecule has 118 valence electrons. The molecule has 0 unspecified atom stereocenters. The van der Waals surface area contributed by atoms with Gasteiger partial charge in [0.25, 0.3) is 0 Å². The number of aromatic nitrogens is 3. The molecule has 0 atom stereocenters. The van der Waals surface area contributed by atoms with Crippen LogP contribution in [0.25, 0.3) is 5.52 Å². The lowest BCUT2D eigenvalue weighted by atomic mass is 10.2. The van der Waals surface area contributed by atoms with E-state index >= 15 is 0 Å². The third-order valence-corrected chi connectivity index (χ3v) is 4.39. The fraction of sp³-hybridized carbons (Fsp3) is 0.333. The lowest BCUT2D eigenvalue weighted by Crippen LogP contribution is -2.23. The van der Waals surface area contributed by atoms with E-state index in [2.05, 4.69) is 50.6 Å². The smallest absolute Gasteiger partial charge is 0.152 e. The number of para-hydroxylation sites is 1. The topological polar surface area (TPSA) is 45.5 Å². The first kappa shape index (κ1) is 14.1. The van der Waals surface area contributed by atoms with Crippen LogP contribution in [0, 0.1) is 6.92 Å². The highest BCUT2D eigenvalue weighted by atomic mass is 15.2. The lowest BCUT2D eigenvalue weighted by Gasteiger charge is -2.19. The Labute approximate surface area is 136 Å². The number of nitrogens with zero attached hydrogens (tertiary/aromatic N) is 4. The van der Waals surface area contributed by atoms with Gasteiger partial charge in [-0.15, -0.1) is 0 Å². The number of benzene rings is 1. The summed E-state index contributed by atoms with van der Waals surface area (Å²) < 4.78 is 1.88. The number of nitrogens with one attached hydrogen (secondary N) is 1. The first-order valence-electron chi connectivity index (χ1n) is 8.19. The van der Waals surface area contributed by atoms with E-state index < -0.39 is 0 Å². The van der Waals surface area contributed by atoms with Crippen LogP contribution in [-0.2, 0) is 6.42 Å². The van der Waals surface area contributed by atoms with Gasteiger partial charge in [0.1, 0.15) is 5.52 Å². The summed E-state index contributed by atoms with van der Waals surface area (Å²) in [6.07, 6.45) is 5.93. The normalized spacial score (nSPS) is 13.5. The lowest BCUT2D eigenvalue weighted by molar-refractivity contribution is 0.772. The standard InChI is InChI=1S/C18H21N5/c1-14-13-17-18(20-9-12-23(17)21-14)19-8-4-10-22-11-7-15-5-2-3-6-16(15)22/h2-3,5-6,9,12-13H,4,7-8,10-11H2,1H3,(H,19,20). The van der Waals surface area contributed by atoms with Crippen molar-refractivity contribution >= 4 is 17.0 Å². The molecule has 0 aliphatic carbocycles. The van der Waals surface area contributed by atoms with Crippen LogP contribution in [0.3, 0.4) is 0 Å². The molecule has 4 rings (SSSR count). The summed E-state index contributed by atoms with van der Waals surface area (Å²) in [7, 11) is 0. The quantitative estimate of drug-likeness (QED) is 0.736. The second kappa shape index (κ2) is 5.91. The highest BCUT2D eigenvalue weighted by Gasteiger charge is 2.17. The summed E-state index contributed by atoms with van der Waals surface area (Å²) in [5.74, 6) is 0.912. The van der Waals surface area contributed by atoms with Crippen molar-refractivity contribution < 1.29 is 0 Å². The zero-order valence-electron chi connectivity index (χ0n) is 13.4. The van der Waals surface area contributed by atoms with Gasteiger partial charge in [-0.3, -0.25) is 0 Å². The van der Waals surface area contributed by atoms with Crippen molar-refractivity contribution in [1.29, 1.82) is 0 Å². The molecule has 2 aromatic heterocycles. The molecule has 1 aromatic carbocycles. The molecule has 0 saturated heterocycles. The van der Waals surface area contributed by atoms with Crippen molar-refractivity contribution in [2.45, 2.75) is 19.8 Å². The summed E-state index contributed by atoms with van der Waals surface area (Å²) in [5.41, 5.74) is 4.92. The van der Waals surface area contributed by atoms with Gasteiger partial charge in [0.15, 0.2) is 5.82 Å². The average Bonchev–Trinajstić information content (AvgIpc) is 3.14. The highest BCUT2D eigenvalue weighted by molar-refractivity contribution is 5.67. The molecule has 5 heteroatoms. The van der Waals surface area contributed by atoms with Crippen molar-refractivity contribution in [2.75, 3.05) is 29.9 Å². The van der Waals surface area contributed by atoms with E-state index in [1.807, 2.05) is 17.6 Å². The van der Waals surface area contributed by atoms with Gasteiger partial charge in [-0.25, -0.2) is 9.50 Å². The summed E-state index contributed by atoms with van der Waals surface area (Å²) >= 11 is 0. The molecule has 5 nitrogen and oxygen atoms in total. The van der Waals surface area contributed by atoms with Gasteiger partial charge in [0, 0.05) is 37.7 Å². The van der Waals surface area contributed by atoms with Crippen LogP contribution in [0.5, 0.6) is 0 Å². The molecule has 0 amide bonds. The van der Waals surface area contributed by atoms with E-state index in [0.29, 0.717) is 0 Å². The summed E-state index contributed by atoms with van der Waals surface area (Å²) in [4.78, 5) is 6.92. The SMILES string of the molecule is Cc1cc2c(NCCCN3CCc4ccccc43)nccn2n1. The Bertz CT molecular complexity index is 823. The van der Waals surface area contributed by atoms with Gasteiger partial charge in [-0.2, -0.15) is 5.10 Å². The summed E-state index contributed by atoms with van der Waals surface area (Å²) in [5, 5.41) is 7.87. The van der Waals surface area contributed by atoms with Crippen molar-refractivity contribution in [3.05, 3.63) is 54.0 Å². The third-order valence-electron chi connectivity index (χ3n) is 4.39. The van der Waals surface area contributed by atoms with Gasteiger partial charge in [0.05, 0.1) is 5.69 Å². The maximum absolute atomic E-state index is 4.44. The van der Waals surface area contributed by atoms with Crippen LogP contribution in [0.15, 0.2) is 42.7 Å². The minimum Gasteiger partial charge on any atom is -0.371 e. The fourth-order valence-electron chi connectivity index (χ4n) is 3.30. The van der Waals surface area contributed by atoms with Crippen LogP contribution in [0.1, 0.15) is 17.7 Å². The van der Waals surface area contributed by atoms with E-state index in [1.54, 1.807) is 6.20 Å². The zero-order valence-corrected chi connectivity index (χ0v) is 13.4. The Hall–Kier alpha value is -2.56. The van der Waals surface area contributed by atoms with Crippen LogP contribution < -0.4 is 10.2 Å². The molecule has 1 aliphatic heterocycles. The maximum atomic E-state index is 4.44. The third kappa shape index (κ3) is 2.74. The maximum Gasteiger partial charge on any atom is 0.152 e. The van der Waals surface area contributed by atoms with E-state index in [-0.39, 0.29) is 0 Å². The molecule has 1 N–H and O–H groups in total. The summed E-state index contributed by atoms with van der Waals surface area (Å²) in [6, 6.07) is 10.8. The molecule has 23 heavy (non-hydrogen) atoms. The van der Waals surface area contributed by atoms with Crippen molar-refractivity contribution in [2.24, 2.45) is 0 Å². The minimum atomic E-state index is 0.912. The largest absolute Gasteiger partial charge is 0.371 e. The number of hydrogen-bond donors (Lipinski definition) is 1. The molecule has 0 radical (unpaired) electrons. The molecule has 0 bridgehead atoms. The minimum absolute atomic E-state index is 0.912. The molecule has 1 aliphatic rings. The van der Waals surface area contributed by atoms with Crippen molar-refractivity contribution in [3.63, 3.8) is 0 Å². The first-order chi connectivity index (χ1) is 11.3. The van der Waals surface area contributed by atoms with Crippen LogP contribution in [-0.4, -0.2) is 34.2 Å². The molecule has 3 aromatic rings. The van der Waals surface area contributed by atoms with E-state index in [1.165, 1.54) is 17.7 Å². The molecule has 0 fully saturated rings. The van der Waals surface area contributed by atoms with Crippen LogP contribution >= 0.6 is 0 Å². The zero-order chi connectivity index (χ0) is 15.6. The second-order valence-corrected chi connectivity index (χ2v) is 6.04. The van der Waals surface area contributed by atoms with Crippen molar-refractivity contribution in [3.8, 4) is 0 Å². The predicted molar refractivity (Wildman–Crippen MR) is 93.2 cm³/mol. The Morgan fingerprint density at radius 1 is 1.26 bits per heavy atom.